The van der Waals surface area contributed by atoms with Crippen LogP contribution in [-0.2, 0) is 10.0 Å². The van der Waals surface area contributed by atoms with Gasteiger partial charge in [0.2, 0.25) is 5.89 Å². The molecule has 2 heterocycles. The molecule has 0 aliphatic carbocycles. The number of rotatable bonds is 5. The molecule has 148 valence electrons. The molecule has 2 aromatic heterocycles. The van der Waals surface area contributed by atoms with Gasteiger partial charge in [-0.25, -0.2) is 26.9 Å². The van der Waals surface area contributed by atoms with Crippen LogP contribution in [0.1, 0.15) is 5.69 Å². The Kier molecular flexibility index (Phi) is 4.84. The van der Waals surface area contributed by atoms with Gasteiger partial charge in [0, 0.05) is 22.2 Å². The standard InChI is InChI=1S/C18H12F2N4O3S2/c1-10-9-28-17(21-10)12-3-2-4-13(7-12)29(25,26)24-18-23-22-16(27-18)11-5-6-14(19)15(20)8-11/h2-9H,1H3,(H,23,24). The normalized spacial score (nSPS) is 11.6. The number of nitrogens with one attached hydrogen (secondary N) is 1. The average Bonchev–Trinajstić information content (AvgIpc) is 3.33. The maximum absolute atomic E-state index is 13.4. The number of hydrogen-bond acceptors (Lipinski definition) is 7. The van der Waals surface area contributed by atoms with E-state index in [2.05, 4.69) is 19.9 Å². The van der Waals surface area contributed by atoms with Crippen molar-refractivity contribution in [1.29, 1.82) is 0 Å². The number of halogens is 2. The summed E-state index contributed by atoms with van der Waals surface area (Å²) in [6, 6.07) is 8.87. The molecule has 11 heteroatoms. The molecule has 2 aromatic carbocycles. The lowest BCUT2D eigenvalue weighted by Crippen LogP contribution is -2.13. The van der Waals surface area contributed by atoms with E-state index in [0.717, 1.165) is 17.8 Å². The van der Waals surface area contributed by atoms with E-state index >= 15 is 0 Å². The third-order valence-electron chi connectivity index (χ3n) is 3.82. The predicted octanol–water partition coefficient (Wildman–Crippen LogP) is 4.25. The summed E-state index contributed by atoms with van der Waals surface area (Å²) >= 11 is 1.40. The van der Waals surface area contributed by atoms with Gasteiger partial charge in [-0.15, -0.1) is 16.4 Å². The quantitative estimate of drug-likeness (QED) is 0.504. The third kappa shape index (κ3) is 4.00. The number of thiazole rings is 1. The van der Waals surface area contributed by atoms with E-state index < -0.39 is 27.7 Å². The average molecular weight is 434 g/mol. The molecule has 4 rings (SSSR count). The number of aromatic nitrogens is 3. The fourth-order valence-corrected chi connectivity index (χ4v) is 4.23. The van der Waals surface area contributed by atoms with Crippen molar-refractivity contribution in [1.82, 2.24) is 15.2 Å². The van der Waals surface area contributed by atoms with E-state index in [9.17, 15) is 17.2 Å². The Balaban J connectivity index is 1.59. The Hall–Kier alpha value is -3.18. The predicted molar refractivity (Wildman–Crippen MR) is 103 cm³/mol. The van der Waals surface area contributed by atoms with Crippen LogP contribution in [0.3, 0.4) is 0 Å². The summed E-state index contributed by atoms with van der Waals surface area (Å²) in [5.41, 5.74) is 1.61. The summed E-state index contributed by atoms with van der Waals surface area (Å²) in [4.78, 5) is 4.33. The summed E-state index contributed by atoms with van der Waals surface area (Å²) in [6.45, 7) is 1.85. The molecular formula is C18H12F2N4O3S2. The molecule has 0 amide bonds. The molecular weight excluding hydrogens is 422 g/mol. The van der Waals surface area contributed by atoms with Crippen molar-refractivity contribution in [3.8, 4) is 22.0 Å². The van der Waals surface area contributed by atoms with Crippen LogP contribution in [0.2, 0.25) is 0 Å². The van der Waals surface area contributed by atoms with E-state index in [4.69, 9.17) is 4.42 Å². The number of aryl methyl sites for hydroxylation is 1. The van der Waals surface area contributed by atoms with Crippen molar-refractivity contribution in [2.75, 3.05) is 4.72 Å². The molecule has 0 aliphatic heterocycles. The number of benzene rings is 2. The molecule has 1 N–H and O–H groups in total. The highest BCUT2D eigenvalue weighted by Crippen LogP contribution is 2.27. The van der Waals surface area contributed by atoms with Crippen molar-refractivity contribution in [2.45, 2.75) is 11.8 Å². The summed E-state index contributed by atoms with van der Waals surface area (Å²) < 4.78 is 59.2. The molecule has 29 heavy (non-hydrogen) atoms. The highest BCUT2D eigenvalue weighted by Gasteiger charge is 2.20. The lowest BCUT2D eigenvalue weighted by atomic mass is 10.2. The van der Waals surface area contributed by atoms with E-state index in [1.165, 1.54) is 29.5 Å². The monoisotopic (exact) mass is 434 g/mol. The minimum atomic E-state index is -4.02. The van der Waals surface area contributed by atoms with Gasteiger partial charge in [-0.2, -0.15) is 0 Å². The van der Waals surface area contributed by atoms with Crippen LogP contribution in [0.25, 0.3) is 22.0 Å². The van der Waals surface area contributed by atoms with E-state index in [-0.39, 0.29) is 16.3 Å². The number of hydrogen-bond donors (Lipinski definition) is 1. The molecule has 0 atom stereocenters. The van der Waals surface area contributed by atoms with Crippen molar-refractivity contribution < 1.29 is 21.6 Å². The van der Waals surface area contributed by atoms with Crippen LogP contribution in [0.4, 0.5) is 14.8 Å². The summed E-state index contributed by atoms with van der Waals surface area (Å²) in [6.07, 6.45) is 0. The van der Waals surface area contributed by atoms with Crippen molar-refractivity contribution in [3.63, 3.8) is 0 Å². The second-order valence-corrected chi connectivity index (χ2v) is 8.51. The Morgan fingerprint density at radius 1 is 1.03 bits per heavy atom. The SMILES string of the molecule is Cc1csc(-c2cccc(S(=O)(=O)Nc3nnc(-c4ccc(F)c(F)c4)o3)c2)n1. The molecule has 7 nitrogen and oxygen atoms in total. The van der Waals surface area contributed by atoms with Gasteiger partial charge < -0.3 is 4.42 Å². The fraction of sp³-hybridized carbons (Fsp3) is 0.0556. The van der Waals surface area contributed by atoms with E-state index in [0.29, 0.717) is 10.6 Å². The van der Waals surface area contributed by atoms with Crippen LogP contribution in [0.5, 0.6) is 0 Å². The first-order valence-corrected chi connectivity index (χ1v) is 10.5. The molecule has 0 unspecified atom stereocenters. The van der Waals surface area contributed by atoms with Gasteiger partial charge in [0.25, 0.3) is 10.0 Å². The smallest absolute Gasteiger partial charge is 0.330 e. The third-order valence-corrected chi connectivity index (χ3v) is 6.15. The fourth-order valence-electron chi connectivity index (χ4n) is 2.47. The van der Waals surface area contributed by atoms with Gasteiger partial charge in [0.15, 0.2) is 11.6 Å². The zero-order valence-electron chi connectivity index (χ0n) is 14.8. The summed E-state index contributed by atoms with van der Waals surface area (Å²) in [5, 5.41) is 9.83. The lowest BCUT2D eigenvalue weighted by Gasteiger charge is -2.05. The molecule has 0 fully saturated rings. The Bertz CT molecular complexity index is 1300. The molecule has 0 saturated heterocycles. The maximum atomic E-state index is 13.4. The highest BCUT2D eigenvalue weighted by molar-refractivity contribution is 7.92. The number of sulfonamides is 1. The van der Waals surface area contributed by atoms with Crippen molar-refractivity contribution >= 4 is 27.4 Å². The molecule has 0 bridgehead atoms. The maximum Gasteiger partial charge on any atom is 0.330 e. The first-order chi connectivity index (χ1) is 13.8. The summed E-state index contributed by atoms with van der Waals surface area (Å²) in [7, 11) is -4.02. The van der Waals surface area contributed by atoms with Crippen LogP contribution in [0.15, 0.2) is 57.2 Å². The topological polar surface area (TPSA) is 98.0 Å². The first kappa shape index (κ1) is 19.2. The highest BCUT2D eigenvalue weighted by atomic mass is 32.2. The molecule has 4 aromatic rings. The van der Waals surface area contributed by atoms with Crippen LogP contribution < -0.4 is 4.72 Å². The van der Waals surface area contributed by atoms with Crippen LogP contribution in [-0.4, -0.2) is 23.6 Å². The lowest BCUT2D eigenvalue weighted by molar-refractivity contribution is 0.508. The van der Waals surface area contributed by atoms with Crippen molar-refractivity contribution in [3.05, 3.63) is 65.2 Å². The van der Waals surface area contributed by atoms with Crippen molar-refractivity contribution in [2.24, 2.45) is 0 Å². The van der Waals surface area contributed by atoms with E-state index in [1.807, 2.05) is 12.3 Å². The molecule has 0 aliphatic rings. The second-order valence-electron chi connectivity index (χ2n) is 5.97. The van der Waals surface area contributed by atoms with Gasteiger partial charge in [0.05, 0.1) is 4.90 Å². The Labute approximate surface area is 168 Å². The first-order valence-electron chi connectivity index (χ1n) is 8.16. The zero-order chi connectivity index (χ0) is 20.6. The Morgan fingerprint density at radius 2 is 1.86 bits per heavy atom. The van der Waals surface area contributed by atoms with Gasteiger partial charge in [-0.05, 0) is 37.3 Å². The van der Waals surface area contributed by atoms with Crippen LogP contribution >= 0.6 is 11.3 Å². The largest absolute Gasteiger partial charge is 0.403 e. The number of nitrogens with zero attached hydrogens (tertiary/aromatic N) is 3. The van der Waals surface area contributed by atoms with E-state index in [1.54, 1.807) is 12.1 Å². The minimum Gasteiger partial charge on any atom is -0.403 e. The number of anilines is 1. The van der Waals surface area contributed by atoms with Crippen LogP contribution in [0, 0.1) is 18.6 Å². The van der Waals surface area contributed by atoms with Gasteiger partial charge in [-0.3, -0.25) is 0 Å². The minimum absolute atomic E-state index is 0.0181. The summed E-state index contributed by atoms with van der Waals surface area (Å²) in [5.74, 6) is -2.27. The van der Waals surface area contributed by atoms with Gasteiger partial charge in [0.1, 0.15) is 5.01 Å². The molecule has 0 saturated carbocycles. The van der Waals surface area contributed by atoms with Gasteiger partial charge >= 0.3 is 6.01 Å². The zero-order valence-corrected chi connectivity index (χ0v) is 16.4. The molecule has 0 spiro atoms. The van der Waals surface area contributed by atoms with Gasteiger partial charge in [-0.1, -0.05) is 17.2 Å². The Morgan fingerprint density at radius 3 is 2.59 bits per heavy atom. The molecule has 0 radical (unpaired) electrons. The second kappa shape index (κ2) is 7.33.